The van der Waals surface area contributed by atoms with Gasteiger partial charge in [-0.2, -0.15) is 0 Å². The molecule has 1 aromatic heterocycles. The average molecular weight is 689 g/mol. The predicted octanol–water partition coefficient (Wildman–Crippen LogP) is 14.4. The summed E-state index contributed by atoms with van der Waals surface area (Å²) in [5, 5.41) is 5.13. The van der Waals surface area contributed by atoms with Crippen molar-refractivity contribution in [2.75, 3.05) is 4.90 Å². The molecule has 254 valence electrons. The minimum atomic E-state index is 1.11. The van der Waals surface area contributed by atoms with Crippen LogP contribution in [0.15, 0.2) is 218 Å². The van der Waals surface area contributed by atoms with Gasteiger partial charge in [-0.3, -0.25) is 0 Å². The molecular formula is C52H36N2. The van der Waals surface area contributed by atoms with Crippen LogP contribution in [-0.4, -0.2) is 4.57 Å². The highest BCUT2D eigenvalue weighted by Crippen LogP contribution is 2.39. The minimum absolute atomic E-state index is 1.11. The van der Waals surface area contributed by atoms with Gasteiger partial charge in [0, 0.05) is 33.5 Å². The number of para-hydroxylation sites is 2. The third kappa shape index (κ3) is 5.62. The van der Waals surface area contributed by atoms with Gasteiger partial charge >= 0.3 is 0 Å². The van der Waals surface area contributed by atoms with Crippen molar-refractivity contribution in [1.29, 1.82) is 0 Å². The van der Waals surface area contributed by atoms with Crippen LogP contribution in [0.2, 0.25) is 0 Å². The van der Waals surface area contributed by atoms with E-state index in [1.54, 1.807) is 0 Å². The van der Waals surface area contributed by atoms with Crippen LogP contribution in [0.4, 0.5) is 17.1 Å². The number of benzene rings is 9. The van der Waals surface area contributed by atoms with E-state index in [1.807, 2.05) is 0 Å². The lowest BCUT2D eigenvalue weighted by Gasteiger charge is -2.26. The van der Waals surface area contributed by atoms with Crippen molar-refractivity contribution >= 4 is 49.6 Å². The van der Waals surface area contributed by atoms with E-state index in [2.05, 4.69) is 228 Å². The molecule has 0 aliphatic rings. The molecule has 2 nitrogen and oxygen atoms in total. The Morgan fingerprint density at radius 3 is 1.44 bits per heavy atom. The summed E-state index contributed by atoms with van der Waals surface area (Å²) in [4.78, 5) is 2.32. The van der Waals surface area contributed by atoms with Crippen molar-refractivity contribution in [3.05, 3.63) is 218 Å². The zero-order valence-electron chi connectivity index (χ0n) is 29.7. The van der Waals surface area contributed by atoms with Crippen molar-refractivity contribution in [3.8, 4) is 39.1 Å². The van der Waals surface area contributed by atoms with E-state index in [0.29, 0.717) is 0 Å². The Morgan fingerprint density at radius 2 is 0.778 bits per heavy atom. The van der Waals surface area contributed by atoms with E-state index in [4.69, 9.17) is 0 Å². The monoisotopic (exact) mass is 688 g/mol. The quantitative estimate of drug-likeness (QED) is 0.162. The molecule has 54 heavy (non-hydrogen) atoms. The minimum Gasteiger partial charge on any atom is -0.311 e. The zero-order chi connectivity index (χ0) is 35.8. The number of nitrogens with zero attached hydrogens (tertiary/aromatic N) is 2. The maximum Gasteiger partial charge on any atom is 0.0547 e. The molecule has 10 aromatic rings. The van der Waals surface area contributed by atoms with Gasteiger partial charge in [0.2, 0.25) is 0 Å². The number of aromatic nitrogens is 1. The summed E-state index contributed by atoms with van der Waals surface area (Å²) in [6, 6.07) is 78.7. The Labute approximate surface area is 315 Å². The summed E-state index contributed by atoms with van der Waals surface area (Å²) >= 11 is 0. The van der Waals surface area contributed by atoms with Crippen molar-refractivity contribution in [3.63, 3.8) is 0 Å². The molecule has 0 aliphatic carbocycles. The van der Waals surface area contributed by atoms with Gasteiger partial charge in [-0.15, -0.1) is 0 Å². The van der Waals surface area contributed by atoms with Crippen LogP contribution in [0, 0.1) is 0 Å². The maximum atomic E-state index is 2.40. The number of rotatable bonds is 7. The van der Waals surface area contributed by atoms with Crippen molar-refractivity contribution < 1.29 is 0 Å². The lowest BCUT2D eigenvalue weighted by Crippen LogP contribution is -2.09. The molecule has 9 aromatic carbocycles. The summed E-state index contributed by atoms with van der Waals surface area (Å²) in [5.74, 6) is 0. The smallest absolute Gasteiger partial charge is 0.0547 e. The van der Waals surface area contributed by atoms with Gasteiger partial charge in [0.1, 0.15) is 0 Å². The van der Waals surface area contributed by atoms with E-state index in [-0.39, 0.29) is 0 Å². The van der Waals surface area contributed by atoms with Gasteiger partial charge in [0.15, 0.2) is 0 Å². The Bertz CT molecular complexity index is 2890. The Morgan fingerprint density at radius 1 is 0.296 bits per heavy atom. The van der Waals surface area contributed by atoms with Crippen molar-refractivity contribution in [1.82, 2.24) is 4.57 Å². The molecule has 10 rings (SSSR count). The molecule has 0 spiro atoms. The summed E-state index contributed by atoms with van der Waals surface area (Å²) in [6.07, 6.45) is 0. The lowest BCUT2D eigenvalue weighted by molar-refractivity contribution is 1.18. The first-order valence-electron chi connectivity index (χ1n) is 18.5. The third-order valence-corrected chi connectivity index (χ3v) is 10.6. The van der Waals surface area contributed by atoms with Crippen LogP contribution >= 0.6 is 0 Å². The normalized spacial score (nSPS) is 11.3. The second kappa shape index (κ2) is 13.4. The molecule has 2 heteroatoms. The highest BCUT2D eigenvalue weighted by Gasteiger charge is 2.16. The highest BCUT2D eigenvalue weighted by atomic mass is 15.1. The molecule has 0 N–H and O–H groups in total. The summed E-state index contributed by atoms with van der Waals surface area (Å²) in [6.45, 7) is 0. The van der Waals surface area contributed by atoms with Gasteiger partial charge in [0.25, 0.3) is 0 Å². The third-order valence-electron chi connectivity index (χ3n) is 10.6. The molecular weight excluding hydrogens is 653 g/mol. The number of anilines is 3. The summed E-state index contributed by atoms with van der Waals surface area (Å²) < 4.78 is 2.40. The molecule has 0 fully saturated rings. The largest absolute Gasteiger partial charge is 0.311 e. The average Bonchev–Trinajstić information content (AvgIpc) is 3.60. The second-order valence-electron chi connectivity index (χ2n) is 13.8. The van der Waals surface area contributed by atoms with Gasteiger partial charge in [-0.1, -0.05) is 152 Å². The van der Waals surface area contributed by atoms with Crippen LogP contribution in [0.3, 0.4) is 0 Å². The van der Waals surface area contributed by atoms with Gasteiger partial charge < -0.3 is 9.47 Å². The molecule has 0 atom stereocenters. The lowest BCUT2D eigenvalue weighted by atomic mass is 9.99. The first kappa shape index (κ1) is 31.6. The van der Waals surface area contributed by atoms with Crippen molar-refractivity contribution in [2.24, 2.45) is 0 Å². The fourth-order valence-corrected chi connectivity index (χ4v) is 7.96. The van der Waals surface area contributed by atoms with Gasteiger partial charge in [-0.05, 0) is 111 Å². The first-order chi connectivity index (χ1) is 26.8. The topological polar surface area (TPSA) is 8.17 Å². The van der Waals surface area contributed by atoms with Crippen molar-refractivity contribution in [2.45, 2.75) is 0 Å². The molecule has 0 aliphatic heterocycles. The Balaban J connectivity index is 0.964. The molecule has 0 bridgehead atoms. The standard InChI is InChI=1S/C52H36N2/c1-3-12-37(13-4-1)42-15-11-16-43(36-42)40-26-31-46(32-27-40)53(44-17-5-2-6-18-44)45-29-22-38(23-30-45)39-24-33-47(34-25-39)54-50-21-10-9-20-49(50)52-48-19-8-7-14-41(48)28-35-51(52)54/h1-36H. The zero-order valence-corrected chi connectivity index (χ0v) is 29.7. The maximum absolute atomic E-state index is 2.40. The summed E-state index contributed by atoms with van der Waals surface area (Å²) in [5.41, 5.74) is 14.1. The van der Waals surface area contributed by atoms with Gasteiger partial charge in [0.05, 0.1) is 11.0 Å². The van der Waals surface area contributed by atoms with E-state index >= 15 is 0 Å². The van der Waals surface area contributed by atoms with E-state index in [0.717, 1.165) is 22.7 Å². The first-order valence-corrected chi connectivity index (χ1v) is 18.5. The molecule has 0 saturated carbocycles. The highest BCUT2D eigenvalue weighted by molar-refractivity contribution is 6.21. The second-order valence-corrected chi connectivity index (χ2v) is 13.8. The molecule has 0 unspecified atom stereocenters. The molecule has 0 amide bonds. The predicted molar refractivity (Wildman–Crippen MR) is 229 cm³/mol. The van der Waals surface area contributed by atoms with Crippen LogP contribution in [0.1, 0.15) is 0 Å². The van der Waals surface area contributed by atoms with Gasteiger partial charge in [-0.25, -0.2) is 0 Å². The van der Waals surface area contributed by atoms with Crippen LogP contribution in [-0.2, 0) is 0 Å². The fraction of sp³-hybridized carbons (Fsp3) is 0. The Kier molecular flexibility index (Phi) is 7.85. The van der Waals surface area contributed by atoms with E-state index in [1.165, 1.54) is 66.0 Å². The fourth-order valence-electron chi connectivity index (χ4n) is 7.96. The van der Waals surface area contributed by atoms with Crippen LogP contribution in [0.25, 0.3) is 71.6 Å². The number of fused-ring (bicyclic) bond motifs is 5. The molecule has 1 heterocycles. The van der Waals surface area contributed by atoms with E-state index in [9.17, 15) is 0 Å². The van der Waals surface area contributed by atoms with E-state index < -0.39 is 0 Å². The SMILES string of the molecule is c1ccc(-c2cccc(-c3ccc(N(c4ccccc4)c4ccc(-c5ccc(-n6c7ccccc7c7c8ccccc8ccc76)cc5)cc4)cc3)c2)cc1. The van der Waals surface area contributed by atoms with Crippen LogP contribution in [0.5, 0.6) is 0 Å². The summed E-state index contributed by atoms with van der Waals surface area (Å²) in [7, 11) is 0. The molecule has 0 radical (unpaired) electrons. The number of hydrogen-bond acceptors (Lipinski definition) is 1. The number of hydrogen-bond donors (Lipinski definition) is 0. The van der Waals surface area contributed by atoms with Crippen LogP contribution < -0.4 is 4.90 Å². The molecule has 0 saturated heterocycles. The Hall–Kier alpha value is -7.16.